The van der Waals surface area contributed by atoms with Crippen molar-refractivity contribution < 1.29 is 19.1 Å². The molecule has 0 spiro atoms. The molecule has 0 saturated carbocycles. The molecule has 0 aliphatic carbocycles. The lowest BCUT2D eigenvalue weighted by Gasteiger charge is -2.07. The molecule has 0 aliphatic heterocycles. The monoisotopic (exact) mass is 312 g/mol. The van der Waals surface area contributed by atoms with Crippen LogP contribution in [0, 0.1) is 0 Å². The van der Waals surface area contributed by atoms with Crippen molar-refractivity contribution in [3.8, 4) is 0 Å². The van der Waals surface area contributed by atoms with Gasteiger partial charge in [-0.25, -0.2) is 0 Å². The van der Waals surface area contributed by atoms with Crippen LogP contribution in [0.2, 0.25) is 5.02 Å². The molecule has 1 aromatic carbocycles. The molecule has 0 heterocycles. The Kier molecular flexibility index (Phi) is 6.68. The van der Waals surface area contributed by atoms with Gasteiger partial charge in [0, 0.05) is 18.5 Å². The predicted octanol–water partition coefficient (Wildman–Crippen LogP) is 2.11. The summed E-state index contributed by atoms with van der Waals surface area (Å²) < 4.78 is 4.50. The van der Waals surface area contributed by atoms with E-state index in [-0.39, 0.29) is 35.3 Å². The molecule has 0 bridgehead atoms. The summed E-state index contributed by atoms with van der Waals surface area (Å²) in [6.07, 6.45) is 1.70. The van der Waals surface area contributed by atoms with E-state index in [1.54, 1.807) is 6.07 Å². The Labute approximate surface area is 127 Å². The van der Waals surface area contributed by atoms with Gasteiger partial charge in [-0.1, -0.05) is 11.6 Å². The zero-order valence-electron chi connectivity index (χ0n) is 11.6. The number of methoxy groups -OCH3 is 1. The molecule has 0 fully saturated rings. The topological polar surface area (TPSA) is 98.5 Å². The molecule has 0 atom stereocenters. The van der Waals surface area contributed by atoms with Crippen LogP contribution in [0.5, 0.6) is 0 Å². The van der Waals surface area contributed by atoms with Gasteiger partial charge < -0.3 is 15.8 Å². The van der Waals surface area contributed by atoms with Gasteiger partial charge in [0.05, 0.1) is 17.7 Å². The molecular weight excluding hydrogens is 296 g/mol. The smallest absolute Gasteiger partial charge is 0.305 e. The molecule has 0 saturated heterocycles. The highest BCUT2D eigenvalue weighted by Crippen LogP contribution is 2.20. The average Bonchev–Trinajstić information content (AvgIpc) is 2.45. The summed E-state index contributed by atoms with van der Waals surface area (Å²) in [5.41, 5.74) is 5.78. The van der Waals surface area contributed by atoms with Gasteiger partial charge in [-0.15, -0.1) is 0 Å². The summed E-state index contributed by atoms with van der Waals surface area (Å²) in [6.45, 7) is 0. The third-order valence-electron chi connectivity index (χ3n) is 2.78. The number of nitrogens with one attached hydrogen (secondary N) is 1. The van der Waals surface area contributed by atoms with E-state index in [2.05, 4.69) is 10.1 Å². The SMILES string of the molecule is COC(=O)CCCCC(=O)Nc1ccc(Cl)c(C(N)=O)c1. The second-order valence-electron chi connectivity index (χ2n) is 4.39. The van der Waals surface area contributed by atoms with Crippen molar-refractivity contribution in [1.29, 1.82) is 0 Å². The second-order valence-corrected chi connectivity index (χ2v) is 4.80. The molecule has 3 N–H and O–H groups in total. The van der Waals surface area contributed by atoms with Crippen LogP contribution in [0.4, 0.5) is 5.69 Å². The van der Waals surface area contributed by atoms with E-state index in [4.69, 9.17) is 17.3 Å². The van der Waals surface area contributed by atoms with E-state index in [0.717, 1.165) is 0 Å². The fourth-order valence-corrected chi connectivity index (χ4v) is 1.88. The molecule has 0 aliphatic rings. The van der Waals surface area contributed by atoms with Crippen LogP contribution >= 0.6 is 11.6 Å². The van der Waals surface area contributed by atoms with E-state index in [1.165, 1.54) is 19.2 Å². The number of carbonyl (C=O) groups is 3. The number of unbranched alkanes of at least 4 members (excludes halogenated alkanes) is 1. The number of ether oxygens (including phenoxy) is 1. The Morgan fingerprint density at radius 2 is 1.90 bits per heavy atom. The molecule has 114 valence electrons. The Morgan fingerprint density at radius 3 is 2.52 bits per heavy atom. The number of hydrogen-bond acceptors (Lipinski definition) is 4. The zero-order chi connectivity index (χ0) is 15.8. The number of esters is 1. The minimum absolute atomic E-state index is 0.153. The van der Waals surface area contributed by atoms with E-state index in [0.29, 0.717) is 18.5 Å². The molecule has 1 rings (SSSR count). The number of anilines is 1. The highest BCUT2D eigenvalue weighted by Gasteiger charge is 2.09. The number of amides is 2. The number of rotatable bonds is 7. The van der Waals surface area contributed by atoms with Crippen molar-refractivity contribution >= 4 is 35.1 Å². The van der Waals surface area contributed by atoms with Gasteiger partial charge >= 0.3 is 5.97 Å². The zero-order valence-corrected chi connectivity index (χ0v) is 12.4. The van der Waals surface area contributed by atoms with E-state index in [9.17, 15) is 14.4 Å². The number of halogens is 1. The minimum Gasteiger partial charge on any atom is -0.469 e. The maximum atomic E-state index is 11.7. The molecule has 6 nitrogen and oxygen atoms in total. The third kappa shape index (κ3) is 5.83. The Bertz CT molecular complexity index is 546. The Hall–Kier alpha value is -2.08. The maximum absolute atomic E-state index is 11.7. The average molecular weight is 313 g/mol. The number of hydrogen-bond donors (Lipinski definition) is 2. The van der Waals surface area contributed by atoms with Crippen LogP contribution in [0.25, 0.3) is 0 Å². The fourth-order valence-electron chi connectivity index (χ4n) is 1.67. The van der Waals surface area contributed by atoms with Crippen LogP contribution < -0.4 is 11.1 Å². The van der Waals surface area contributed by atoms with Crippen molar-refractivity contribution in [1.82, 2.24) is 0 Å². The molecule has 0 unspecified atom stereocenters. The van der Waals surface area contributed by atoms with Crippen LogP contribution in [-0.2, 0) is 14.3 Å². The summed E-state index contributed by atoms with van der Waals surface area (Å²) in [7, 11) is 1.33. The van der Waals surface area contributed by atoms with Gasteiger partial charge in [-0.05, 0) is 31.0 Å². The molecule has 7 heteroatoms. The van der Waals surface area contributed by atoms with E-state index >= 15 is 0 Å². The number of benzene rings is 1. The first kappa shape index (κ1) is 17.0. The standard InChI is InChI=1S/C14H17ClN2O4/c1-21-13(19)5-3-2-4-12(18)17-9-6-7-11(15)10(8-9)14(16)20/h6-8H,2-5H2,1H3,(H2,16,20)(H,17,18). The maximum Gasteiger partial charge on any atom is 0.305 e. The summed E-state index contributed by atoms with van der Waals surface area (Å²) in [5, 5.41) is 2.88. The minimum atomic E-state index is -0.658. The number of primary amides is 1. The van der Waals surface area contributed by atoms with Gasteiger partial charge in [0.1, 0.15) is 0 Å². The molecule has 1 aromatic rings. The Balaban J connectivity index is 2.46. The summed E-state index contributed by atoms with van der Waals surface area (Å²) in [5.74, 6) is -1.16. The third-order valence-corrected chi connectivity index (χ3v) is 3.11. The van der Waals surface area contributed by atoms with E-state index in [1.807, 2.05) is 0 Å². The van der Waals surface area contributed by atoms with Gasteiger partial charge in [-0.2, -0.15) is 0 Å². The van der Waals surface area contributed by atoms with Crippen molar-refractivity contribution in [3.63, 3.8) is 0 Å². The molecule has 0 radical (unpaired) electrons. The van der Waals surface area contributed by atoms with Crippen LogP contribution in [-0.4, -0.2) is 24.9 Å². The summed E-state index contributed by atoms with van der Waals surface area (Å²) in [4.78, 5) is 33.8. The number of nitrogens with two attached hydrogens (primary N) is 1. The quantitative estimate of drug-likeness (QED) is 0.595. The highest BCUT2D eigenvalue weighted by molar-refractivity contribution is 6.33. The largest absolute Gasteiger partial charge is 0.469 e. The van der Waals surface area contributed by atoms with Crippen LogP contribution in [0.15, 0.2) is 18.2 Å². The Morgan fingerprint density at radius 1 is 1.24 bits per heavy atom. The lowest BCUT2D eigenvalue weighted by atomic mass is 10.1. The fraction of sp³-hybridized carbons (Fsp3) is 0.357. The van der Waals surface area contributed by atoms with Gasteiger partial charge in [-0.3, -0.25) is 14.4 Å². The lowest BCUT2D eigenvalue weighted by molar-refractivity contribution is -0.140. The second kappa shape index (κ2) is 8.26. The van der Waals surface area contributed by atoms with Crippen molar-refractivity contribution in [2.45, 2.75) is 25.7 Å². The van der Waals surface area contributed by atoms with Crippen LogP contribution in [0.3, 0.4) is 0 Å². The summed E-state index contributed by atoms with van der Waals surface area (Å²) in [6, 6.07) is 4.51. The van der Waals surface area contributed by atoms with Crippen molar-refractivity contribution in [3.05, 3.63) is 28.8 Å². The molecule has 0 aromatic heterocycles. The van der Waals surface area contributed by atoms with Crippen LogP contribution in [0.1, 0.15) is 36.0 Å². The molecule has 21 heavy (non-hydrogen) atoms. The first-order chi connectivity index (χ1) is 9.93. The first-order valence-electron chi connectivity index (χ1n) is 6.40. The number of carbonyl (C=O) groups excluding carboxylic acids is 3. The van der Waals surface area contributed by atoms with Gasteiger partial charge in [0.15, 0.2) is 0 Å². The van der Waals surface area contributed by atoms with Crippen molar-refractivity contribution in [2.24, 2.45) is 5.73 Å². The normalized spacial score (nSPS) is 10.0. The highest BCUT2D eigenvalue weighted by atomic mass is 35.5. The molecule has 2 amide bonds. The molecular formula is C14H17ClN2O4. The predicted molar refractivity (Wildman–Crippen MR) is 79.1 cm³/mol. The summed E-state index contributed by atoms with van der Waals surface area (Å²) >= 11 is 5.82. The van der Waals surface area contributed by atoms with Crippen molar-refractivity contribution in [2.75, 3.05) is 12.4 Å². The lowest BCUT2D eigenvalue weighted by Crippen LogP contribution is -2.14. The van der Waals surface area contributed by atoms with Gasteiger partial charge in [0.25, 0.3) is 0 Å². The first-order valence-corrected chi connectivity index (χ1v) is 6.78. The van der Waals surface area contributed by atoms with E-state index < -0.39 is 5.91 Å². The van der Waals surface area contributed by atoms with Gasteiger partial charge in [0.2, 0.25) is 11.8 Å².